The Kier molecular flexibility index (Phi) is 4.95. The van der Waals surface area contributed by atoms with Crippen LogP contribution in [0.5, 0.6) is 0 Å². The number of halogens is 1. The minimum absolute atomic E-state index is 0.0291. The van der Waals surface area contributed by atoms with Crippen molar-refractivity contribution >= 4 is 21.6 Å². The smallest absolute Gasteiger partial charge is 0.243 e. The molecule has 0 aliphatic carbocycles. The van der Waals surface area contributed by atoms with Gasteiger partial charge in [0.2, 0.25) is 15.9 Å². The van der Waals surface area contributed by atoms with Crippen LogP contribution in [0.3, 0.4) is 0 Å². The molecule has 1 aliphatic rings. The molecule has 0 bridgehead atoms. The molecule has 0 aromatic heterocycles. The number of nitrogens with one attached hydrogen (secondary N) is 1. The Bertz CT molecular complexity index is 593. The molecule has 7 heteroatoms. The zero-order chi connectivity index (χ0) is 15.5. The molecule has 5 nitrogen and oxygen atoms in total. The summed E-state index contributed by atoms with van der Waals surface area (Å²) < 4.78 is 38.9. The summed E-state index contributed by atoms with van der Waals surface area (Å²) in [4.78, 5) is 11.1. The molecule has 0 unspecified atom stereocenters. The van der Waals surface area contributed by atoms with E-state index < -0.39 is 10.0 Å². The summed E-state index contributed by atoms with van der Waals surface area (Å²) in [5.41, 5.74) is 0.553. The molecule has 1 aliphatic heterocycles. The van der Waals surface area contributed by atoms with Gasteiger partial charge in [-0.1, -0.05) is 0 Å². The van der Waals surface area contributed by atoms with Gasteiger partial charge in [-0.15, -0.1) is 0 Å². The predicted molar refractivity (Wildman–Crippen MR) is 78.2 cm³/mol. The molecule has 1 amide bonds. The van der Waals surface area contributed by atoms with Gasteiger partial charge in [-0.2, -0.15) is 4.31 Å². The number of anilines is 1. The molecule has 1 N–H and O–H groups in total. The van der Waals surface area contributed by atoms with E-state index in [4.69, 9.17) is 0 Å². The number of hydrogen-bond acceptors (Lipinski definition) is 3. The van der Waals surface area contributed by atoms with Crippen LogP contribution in [0.4, 0.5) is 10.1 Å². The van der Waals surface area contributed by atoms with Gasteiger partial charge in [0.1, 0.15) is 0 Å². The maximum atomic E-state index is 12.6. The van der Waals surface area contributed by atoms with Gasteiger partial charge in [0, 0.05) is 25.7 Å². The topological polar surface area (TPSA) is 66.5 Å². The van der Waals surface area contributed by atoms with Gasteiger partial charge in [-0.25, -0.2) is 8.42 Å². The highest BCUT2D eigenvalue weighted by Crippen LogP contribution is 2.24. The van der Waals surface area contributed by atoms with Crippen molar-refractivity contribution in [3.05, 3.63) is 24.3 Å². The number of carbonyl (C=O) groups excluding carboxylic acids is 1. The van der Waals surface area contributed by atoms with Crippen molar-refractivity contribution in [2.24, 2.45) is 5.92 Å². The van der Waals surface area contributed by atoms with Gasteiger partial charge in [-0.3, -0.25) is 9.18 Å². The third-order valence-corrected chi connectivity index (χ3v) is 5.52. The molecule has 1 aromatic rings. The highest BCUT2D eigenvalue weighted by molar-refractivity contribution is 7.89. The molecule has 1 heterocycles. The van der Waals surface area contributed by atoms with Crippen molar-refractivity contribution in [3.8, 4) is 0 Å². The third-order valence-electron chi connectivity index (χ3n) is 3.60. The maximum absolute atomic E-state index is 12.6. The Hall–Kier alpha value is -1.47. The Balaban J connectivity index is 2.11. The average Bonchev–Trinajstić information content (AvgIpc) is 2.47. The summed E-state index contributed by atoms with van der Waals surface area (Å²) in [7, 11) is -3.54. The number of nitrogens with zero attached hydrogens (tertiary/aromatic N) is 1. The van der Waals surface area contributed by atoms with E-state index in [1.54, 1.807) is 12.1 Å². The lowest BCUT2D eigenvalue weighted by molar-refractivity contribution is -0.114. The second-order valence-electron chi connectivity index (χ2n) is 5.21. The van der Waals surface area contributed by atoms with E-state index >= 15 is 0 Å². The molecule has 1 fully saturated rings. The highest BCUT2D eigenvalue weighted by Gasteiger charge is 2.29. The summed E-state index contributed by atoms with van der Waals surface area (Å²) in [5, 5.41) is 2.59. The number of carbonyl (C=O) groups is 1. The Morgan fingerprint density at radius 2 is 1.86 bits per heavy atom. The molecule has 2 rings (SSSR count). The summed E-state index contributed by atoms with van der Waals surface area (Å²) in [5.74, 6) is -0.238. The lowest BCUT2D eigenvalue weighted by Gasteiger charge is -2.29. The number of rotatable bonds is 4. The Morgan fingerprint density at radius 3 is 2.33 bits per heavy atom. The summed E-state index contributed by atoms with van der Waals surface area (Å²) >= 11 is 0. The van der Waals surface area contributed by atoms with Crippen LogP contribution >= 0.6 is 0 Å². The highest BCUT2D eigenvalue weighted by atomic mass is 32.2. The van der Waals surface area contributed by atoms with Crippen LogP contribution in [0.2, 0.25) is 0 Å². The number of hydrogen-bond donors (Lipinski definition) is 1. The number of sulfonamides is 1. The van der Waals surface area contributed by atoms with E-state index in [0.717, 1.165) is 0 Å². The fourth-order valence-electron chi connectivity index (χ4n) is 2.37. The SMILES string of the molecule is CC(=O)Nc1ccc(S(=O)(=O)N2CCC(CF)CC2)cc1. The number of amides is 1. The number of alkyl halides is 1. The zero-order valence-electron chi connectivity index (χ0n) is 11.9. The number of benzene rings is 1. The Labute approximate surface area is 124 Å². The molecule has 1 saturated heterocycles. The van der Waals surface area contributed by atoms with Crippen LogP contribution in [0, 0.1) is 5.92 Å². The van der Waals surface area contributed by atoms with Crippen LogP contribution in [0.1, 0.15) is 19.8 Å². The fourth-order valence-corrected chi connectivity index (χ4v) is 3.84. The predicted octanol–water partition coefficient (Wildman–Crippen LogP) is 2.02. The van der Waals surface area contributed by atoms with Gasteiger partial charge in [0.15, 0.2) is 0 Å². The van der Waals surface area contributed by atoms with E-state index in [1.165, 1.54) is 23.4 Å². The first-order valence-corrected chi connectivity index (χ1v) is 8.31. The second-order valence-corrected chi connectivity index (χ2v) is 7.15. The van der Waals surface area contributed by atoms with Crippen LogP contribution in [-0.4, -0.2) is 38.4 Å². The molecule has 1 aromatic carbocycles. The standard InChI is InChI=1S/C14H19FN2O3S/c1-11(18)16-13-2-4-14(5-3-13)21(19,20)17-8-6-12(10-15)7-9-17/h2-5,12H,6-10H2,1H3,(H,16,18). The van der Waals surface area contributed by atoms with E-state index in [0.29, 0.717) is 31.6 Å². The van der Waals surface area contributed by atoms with Crippen molar-refractivity contribution in [1.82, 2.24) is 4.31 Å². The van der Waals surface area contributed by atoms with Gasteiger partial charge < -0.3 is 5.32 Å². The van der Waals surface area contributed by atoms with Crippen LogP contribution in [0.15, 0.2) is 29.2 Å². The average molecular weight is 314 g/mol. The van der Waals surface area contributed by atoms with Crippen molar-refractivity contribution < 1.29 is 17.6 Å². The van der Waals surface area contributed by atoms with E-state index in [1.807, 2.05) is 0 Å². The number of piperidine rings is 1. The van der Waals surface area contributed by atoms with Crippen LogP contribution in [-0.2, 0) is 14.8 Å². The minimum atomic E-state index is -3.54. The quantitative estimate of drug-likeness (QED) is 0.924. The summed E-state index contributed by atoms with van der Waals surface area (Å²) in [6.45, 7) is 1.70. The van der Waals surface area contributed by atoms with Gasteiger partial charge >= 0.3 is 0 Å². The minimum Gasteiger partial charge on any atom is -0.326 e. The van der Waals surface area contributed by atoms with Crippen molar-refractivity contribution in [1.29, 1.82) is 0 Å². The van der Waals surface area contributed by atoms with Crippen LogP contribution < -0.4 is 5.32 Å². The largest absolute Gasteiger partial charge is 0.326 e. The summed E-state index contributed by atoms with van der Waals surface area (Å²) in [6, 6.07) is 6.06. The second kappa shape index (κ2) is 6.53. The van der Waals surface area contributed by atoms with Crippen molar-refractivity contribution in [3.63, 3.8) is 0 Å². The van der Waals surface area contributed by atoms with E-state index in [2.05, 4.69) is 5.32 Å². The molecule has 116 valence electrons. The normalized spacial score (nSPS) is 17.6. The molecular weight excluding hydrogens is 295 g/mol. The van der Waals surface area contributed by atoms with Gasteiger partial charge in [0.05, 0.1) is 11.6 Å². The first-order chi connectivity index (χ1) is 9.93. The molecule has 0 radical (unpaired) electrons. The molecule has 0 saturated carbocycles. The van der Waals surface area contributed by atoms with E-state index in [-0.39, 0.29) is 23.4 Å². The van der Waals surface area contributed by atoms with Crippen LogP contribution in [0.25, 0.3) is 0 Å². The molecule has 0 spiro atoms. The monoisotopic (exact) mass is 314 g/mol. The first kappa shape index (κ1) is 15.9. The lowest BCUT2D eigenvalue weighted by atomic mass is 10.0. The third kappa shape index (κ3) is 3.79. The lowest BCUT2D eigenvalue weighted by Crippen LogP contribution is -2.38. The molecular formula is C14H19FN2O3S. The fraction of sp³-hybridized carbons (Fsp3) is 0.500. The first-order valence-electron chi connectivity index (χ1n) is 6.87. The zero-order valence-corrected chi connectivity index (χ0v) is 12.7. The molecule has 21 heavy (non-hydrogen) atoms. The van der Waals surface area contributed by atoms with Gasteiger partial charge in [-0.05, 0) is 43.0 Å². The van der Waals surface area contributed by atoms with Gasteiger partial charge in [0.25, 0.3) is 0 Å². The Morgan fingerprint density at radius 1 is 1.29 bits per heavy atom. The molecule has 0 atom stereocenters. The van der Waals surface area contributed by atoms with Crippen molar-refractivity contribution in [2.45, 2.75) is 24.7 Å². The maximum Gasteiger partial charge on any atom is 0.243 e. The van der Waals surface area contributed by atoms with Crippen molar-refractivity contribution in [2.75, 3.05) is 25.1 Å². The summed E-state index contributed by atoms with van der Waals surface area (Å²) in [6.07, 6.45) is 1.11. The van der Waals surface area contributed by atoms with E-state index in [9.17, 15) is 17.6 Å².